The highest BCUT2D eigenvalue weighted by atomic mass is 16.1. The molecule has 110 valence electrons. The van der Waals surface area contributed by atoms with Crippen LogP contribution in [0.2, 0.25) is 0 Å². The molecule has 0 spiro atoms. The normalized spacial score (nSPS) is 15.1. The minimum absolute atomic E-state index is 0.138. The van der Waals surface area contributed by atoms with E-state index in [1.165, 1.54) is 17.7 Å². The van der Waals surface area contributed by atoms with Gasteiger partial charge in [-0.05, 0) is 43.4 Å². The van der Waals surface area contributed by atoms with Crippen molar-refractivity contribution in [3.05, 3.63) is 23.8 Å². The van der Waals surface area contributed by atoms with E-state index in [1.807, 2.05) is 6.07 Å². The molecule has 2 rings (SSSR count). The van der Waals surface area contributed by atoms with Crippen LogP contribution in [0.15, 0.2) is 18.2 Å². The lowest BCUT2D eigenvalue weighted by Crippen LogP contribution is -2.22. The maximum Gasteiger partial charge on any atom is 0.227 e. The zero-order valence-corrected chi connectivity index (χ0v) is 12.7. The van der Waals surface area contributed by atoms with E-state index in [0.29, 0.717) is 0 Å². The van der Waals surface area contributed by atoms with Gasteiger partial charge in [-0.25, -0.2) is 0 Å². The quantitative estimate of drug-likeness (QED) is 0.816. The second-order valence-corrected chi connectivity index (χ2v) is 5.64. The molecule has 1 aromatic carbocycles. The van der Waals surface area contributed by atoms with Gasteiger partial charge in [0.1, 0.15) is 0 Å². The molecule has 0 saturated heterocycles. The molecule has 0 aliphatic carbocycles. The largest absolute Gasteiger partial charge is 0.385 e. The first-order chi connectivity index (χ1) is 9.74. The van der Waals surface area contributed by atoms with Gasteiger partial charge in [0.2, 0.25) is 5.91 Å². The fourth-order valence-corrected chi connectivity index (χ4v) is 2.75. The molecular weight excluding hydrogens is 248 g/mol. The molecule has 1 heterocycles. The average molecular weight is 274 g/mol. The van der Waals surface area contributed by atoms with Crippen molar-refractivity contribution in [1.82, 2.24) is 0 Å². The molecule has 20 heavy (non-hydrogen) atoms. The molecule has 1 aliphatic heterocycles. The van der Waals surface area contributed by atoms with E-state index in [2.05, 4.69) is 36.6 Å². The molecule has 0 aromatic heterocycles. The summed E-state index contributed by atoms with van der Waals surface area (Å²) in [5.41, 5.74) is 3.45. The fourth-order valence-electron chi connectivity index (χ4n) is 2.75. The van der Waals surface area contributed by atoms with Crippen molar-refractivity contribution >= 4 is 17.3 Å². The number of unbranched alkanes of at least 4 members (excludes halogenated alkanes) is 1. The standard InChI is InChI=1S/C17H26N2O/c1-3-5-7-13(4-2)17(20)19-15-10-9-14-8-6-11-18-16(14)12-15/h9-10,12-13,18H,3-8,11H2,1-2H3,(H,19,20). The second kappa shape index (κ2) is 7.32. The van der Waals surface area contributed by atoms with E-state index in [-0.39, 0.29) is 11.8 Å². The summed E-state index contributed by atoms with van der Waals surface area (Å²) in [6.07, 6.45) is 6.49. The van der Waals surface area contributed by atoms with Crippen molar-refractivity contribution in [2.24, 2.45) is 5.92 Å². The lowest BCUT2D eigenvalue weighted by molar-refractivity contribution is -0.120. The van der Waals surface area contributed by atoms with Crippen molar-refractivity contribution in [3.8, 4) is 0 Å². The van der Waals surface area contributed by atoms with E-state index >= 15 is 0 Å². The second-order valence-electron chi connectivity index (χ2n) is 5.64. The highest BCUT2D eigenvalue weighted by molar-refractivity contribution is 5.93. The molecule has 3 heteroatoms. The summed E-state index contributed by atoms with van der Waals surface area (Å²) in [5.74, 6) is 0.302. The van der Waals surface area contributed by atoms with Crippen LogP contribution < -0.4 is 10.6 Å². The van der Waals surface area contributed by atoms with Gasteiger partial charge in [-0.1, -0.05) is 32.8 Å². The molecule has 0 radical (unpaired) electrons. The third kappa shape index (κ3) is 3.75. The molecule has 1 aliphatic rings. The summed E-state index contributed by atoms with van der Waals surface area (Å²) in [5, 5.41) is 6.48. The Kier molecular flexibility index (Phi) is 5.45. The summed E-state index contributed by atoms with van der Waals surface area (Å²) >= 11 is 0. The zero-order valence-electron chi connectivity index (χ0n) is 12.7. The Morgan fingerprint density at radius 3 is 3.00 bits per heavy atom. The number of hydrogen-bond donors (Lipinski definition) is 2. The number of carbonyl (C=O) groups excluding carboxylic acids is 1. The summed E-state index contributed by atoms with van der Waals surface area (Å²) in [6.45, 7) is 5.28. The number of anilines is 2. The molecule has 1 amide bonds. The van der Waals surface area contributed by atoms with Crippen LogP contribution in [0, 0.1) is 5.92 Å². The number of hydrogen-bond acceptors (Lipinski definition) is 2. The van der Waals surface area contributed by atoms with Gasteiger partial charge in [0.15, 0.2) is 0 Å². The van der Waals surface area contributed by atoms with Gasteiger partial charge in [0.05, 0.1) is 0 Å². The lowest BCUT2D eigenvalue weighted by Gasteiger charge is -2.20. The number of amides is 1. The molecule has 0 bridgehead atoms. The van der Waals surface area contributed by atoms with E-state index in [1.54, 1.807) is 0 Å². The molecule has 1 aromatic rings. The lowest BCUT2D eigenvalue weighted by atomic mass is 9.98. The highest BCUT2D eigenvalue weighted by Crippen LogP contribution is 2.26. The summed E-state index contributed by atoms with van der Waals surface area (Å²) in [6, 6.07) is 6.22. The Morgan fingerprint density at radius 2 is 2.25 bits per heavy atom. The maximum absolute atomic E-state index is 12.3. The van der Waals surface area contributed by atoms with Crippen LogP contribution in [-0.4, -0.2) is 12.5 Å². The molecule has 0 fully saturated rings. The Hall–Kier alpha value is -1.51. The van der Waals surface area contributed by atoms with Crippen LogP contribution in [0.1, 0.15) is 51.5 Å². The van der Waals surface area contributed by atoms with Crippen LogP contribution in [0.5, 0.6) is 0 Å². The number of aryl methyl sites for hydroxylation is 1. The molecule has 3 nitrogen and oxygen atoms in total. The summed E-state index contributed by atoms with van der Waals surface area (Å²) < 4.78 is 0. The Balaban J connectivity index is 1.99. The van der Waals surface area contributed by atoms with Crippen LogP contribution in [0.4, 0.5) is 11.4 Å². The molecule has 0 saturated carbocycles. The van der Waals surface area contributed by atoms with Crippen molar-refractivity contribution in [2.75, 3.05) is 17.2 Å². The predicted octanol–water partition coefficient (Wildman–Crippen LogP) is 4.20. The minimum Gasteiger partial charge on any atom is -0.385 e. The first-order valence-electron chi connectivity index (χ1n) is 7.92. The first kappa shape index (κ1) is 14.9. The van der Waals surface area contributed by atoms with Crippen molar-refractivity contribution < 1.29 is 4.79 Å². The topological polar surface area (TPSA) is 41.1 Å². The molecule has 1 atom stereocenters. The number of rotatable bonds is 6. The van der Waals surface area contributed by atoms with Gasteiger partial charge in [-0.15, -0.1) is 0 Å². The monoisotopic (exact) mass is 274 g/mol. The summed E-state index contributed by atoms with van der Waals surface area (Å²) in [7, 11) is 0. The third-order valence-corrected chi connectivity index (χ3v) is 4.09. The Bertz CT molecular complexity index is 456. The van der Waals surface area contributed by atoms with Crippen LogP contribution in [-0.2, 0) is 11.2 Å². The fraction of sp³-hybridized carbons (Fsp3) is 0.588. The van der Waals surface area contributed by atoms with E-state index in [4.69, 9.17) is 0 Å². The summed E-state index contributed by atoms with van der Waals surface area (Å²) in [4.78, 5) is 12.3. The minimum atomic E-state index is 0.138. The number of carbonyl (C=O) groups is 1. The van der Waals surface area contributed by atoms with Gasteiger partial charge < -0.3 is 10.6 Å². The van der Waals surface area contributed by atoms with Gasteiger partial charge in [0, 0.05) is 23.8 Å². The average Bonchev–Trinajstić information content (AvgIpc) is 2.48. The number of nitrogens with one attached hydrogen (secondary N) is 2. The van der Waals surface area contributed by atoms with Crippen molar-refractivity contribution in [3.63, 3.8) is 0 Å². The smallest absolute Gasteiger partial charge is 0.227 e. The SMILES string of the molecule is CCCCC(CC)C(=O)Nc1ccc2c(c1)NCCC2. The third-order valence-electron chi connectivity index (χ3n) is 4.09. The van der Waals surface area contributed by atoms with Gasteiger partial charge in [0.25, 0.3) is 0 Å². The van der Waals surface area contributed by atoms with Gasteiger partial charge in [-0.2, -0.15) is 0 Å². The van der Waals surface area contributed by atoms with Gasteiger partial charge >= 0.3 is 0 Å². The van der Waals surface area contributed by atoms with Crippen molar-refractivity contribution in [2.45, 2.75) is 52.4 Å². The highest BCUT2D eigenvalue weighted by Gasteiger charge is 2.16. The van der Waals surface area contributed by atoms with E-state index in [9.17, 15) is 4.79 Å². The van der Waals surface area contributed by atoms with Crippen molar-refractivity contribution in [1.29, 1.82) is 0 Å². The Labute approximate surface area is 122 Å². The van der Waals surface area contributed by atoms with Crippen LogP contribution in [0.25, 0.3) is 0 Å². The van der Waals surface area contributed by atoms with Crippen LogP contribution in [0.3, 0.4) is 0 Å². The number of benzene rings is 1. The maximum atomic E-state index is 12.3. The molecule has 2 N–H and O–H groups in total. The molecule has 1 unspecified atom stereocenters. The van der Waals surface area contributed by atoms with E-state index < -0.39 is 0 Å². The zero-order chi connectivity index (χ0) is 14.4. The molecular formula is C17H26N2O. The number of fused-ring (bicyclic) bond motifs is 1. The van der Waals surface area contributed by atoms with Crippen LogP contribution >= 0.6 is 0 Å². The first-order valence-corrected chi connectivity index (χ1v) is 7.92. The Morgan fingerprint density at radius 1 is 1.40 bits per heavy atom. The van der Waals surface area contributed by atoms with Gasteiger partial charge in [-0.3, -0.25) is 4.79 Å². The van der Waals surface area contributed by atoms with E-state index in [0.717, 1.165) is 44.3 Å². The predicted molar refractivity (Wildman–Crippen MR) is 85.2 cm³/mol.